The maximum atomic E-state index is 13.2. The number of hydrogen-bond acceptors (Lipinski definition) is 6. The quantitative estimate of drug-likeness (QED) is 0.559. The van der Waals surface area contributed by atoms with Crippen molar-refractivity contribution in [3.8, 4) is 17.2 Å². The van der Waals surface area contributed by atoms with E-state index in [0.29, 0.717) is 41.2 Å². The number of aromatic nitrogens is 1. The Balaban J connectivity index is 1.50. The van der Waals surface area contributed by atoms with E-state index in [0.717, 1.165) is 0 Å². The number of carbonyl (C=O) groups is 1. The van der Waals surface area contributed by atoms with Gasteiger partial charge in [0.25, 0.3) is 0 Å². The van der Waals surface area contributed by atoms with Crippen LogP contribution in [0, 0.1) is 11.3 Å². The number of rotatable bonds is 5. The summed E-state index contributed by atoms with van der Waals surface area (Å²) in [5, 5.41) is 9.35. The minimum Gasteiger partial charge on any atom is -0.366 e. The van der Waals surface area contributed by atoms with E-state index in [9.17, 15) is 13.2 Å². The Morgan fingerprint density at radius 3 is 2.33 bits per heavy atom. The lowest BCUT2D eigenvalue weighted by atomic mass is 9.99. The van der Waals surface area contributed by atoms with Crippen molar-refractivity contribution in [3.63, 3.8) is 0 Å². The molecule has 1 aromatic heterocycles. The summed E-state index contributed by atoms with van der Waals surface area (Å²) < 4.78 is 27.7. The maximum absolute atomic E-state index is 13.2. The van der Waals surface area contributed by atoms with Gasteiger partial charge < -0.3 is 10.6 Å². The second-order valence-corrected chi connectivity index (χ2v) is 9.80. The smallest absolute Gasteiger partial charge is 0.249 e. The number of primary amides is 1. The first-order valence-electron chi connectivity index (χ1n) is 10.1. The molecule has 1 aliphatic rings. The summed E-state index contributed by atoms with van der Waals surface area (Å²) >= 11 is 5.99. The molecule has 0 bridgehead atoms. The van der Waals surface area contributed by atoms with Crippen molar-refractivity contribution in [1.29, 1.82) is 5.26 Å². The standard InChI is InChI=1S/C23H20ClN5O3S/c24-21-13-16(15-25)14-22(27-21)28-9-11-29(12-10-28)33(31,32)18-7-5-17(6-8-18)19-3-1-2-4-20(19)23(26)30/h1-8,13-14H,9-12H2,(H2,26,30). The van der Waals surface area contributed by atoms with E-state index < -0.39 is 15.9 Å². The van der Waals surface area contributed by atoms with Gasteiger partial charge in [0.2, 0.25) is 15.9 Å². The molecule has 10 heteroatoms. The van der Waals surface area contributed by atoms with Crippen LogP contribution in [0.3, 0.4) is 0 Å². The highest BCUT2D eigenvalue weighted by Gasteiger charge is 2.29. The number of piperazine rings is 1. The van der Waals surface area contributed by atoms with Crippen molar-refractivity contribution in [2.24, 2.45) is 5.73 Å². The predicted molar refractivity (Wildman–Crippen MR) is 125 cm³/mol. The summed E-state index contributed by atoms with van der Waals surface area (Å²) in [5.74, 6) is 0.00446. The van der Waals surface area contributed by atoms with Gasteiger partial charge in [-0.15, -0.1) is 0 Å². The number of amides is 1. The number of hydrogen-bond donors (Lipinski definition) is 1. The van der Waals surface area contributed by atoms with E-state index >= 15 is 0 Å². The number of benzene rings is 2. The van der Waals surface area contributed by atoms with Crippen molar-refractivity contribution in [2.45, 2.75) is 4.90 Å². The Morgan fingerprint density at radius 1 is 1.03 bits per heavy atom. The summed E-state index contributed by atoms with van der Waals surface area (Å²) in [5.41, 5.74) is 7.58. The zero-order chi connectivity index (χ0) is 23.6. The van der Waals surface area contributed by atoms with Crippen molar-refractivity contribution in [2.75, 3.05) is 31.1 Å². The molecule has 0 spiro atoms. The van der Waals surface area contributed by atoms with Crippen LogP contribution in [-0.4, -0.2) is 49.8 Å². The van der Waals surface area contributed by atoms with Gasteiger partial charge in [0.15, 0.2) is 0 Å². The highest BCUT2D eigenvalue weighted by atomic mass is 35.5. The van der Waals surface area contributed by atoms with E-state index in [4.69, 9.17) is 22.6 Å². The van der Waals surface area contributed by atoms with Gasteiger partial charge in [-0.25, -0.2) is 13.4 Å². The zero-order valence-corrected chi connectivity index (χ0v) is 19.1. The number of nitriles is 1. The molecule has 8 nitrogen and oxygen atoms in total. The molecule has 33 heavy (non-hydrogen) atoms. The lowest BCUT2D eigenvalue weighted by molar-refractivity contribution is 0.100. The van der Waals surface area contributed by atoms with Gasteiger partial charge in [0.1, 0.15) is 11.0 Å². The minimum atomic E-state index is -3.70. The SMILES string of the molecule is N#Cc1cc(Cl)nc(N2CCN(S(=O)(=O)c3ccc(-c4ccccc4C(N)=O)cc3)CC2)c1. The van der Waals surface area contributed by atoms with Gasteiger partial charge in [-0.2, -0.15) is 9.57 Å². The number of carbonyl (C=O) groups excluding carboxylic acids is 1. The summed E-state index contributed by atoms with van der Waals surface area (Å²) in [6.07, 6.45) is 0. The first-order valence-corrected chi connectivity index (χ1v) is 11.9. The number of pyridine rings is 1. The minimum absolute atomic E-state index is 0.170. The van der Waals surface area contributed by atoms with Gasteiger partial charge >= 0.3 is 0 Å². The molecule has 1 saturated heterocycles. The highest BCUT2D eigenvalue weighted by Crippen LogP contribution is 2.27. The molecule has 0 unspecified atom stereocenters. The molecule has 1 fully saturated rings. The molecule has 3 aromatic rings. The Morgan fingerprint density at radius 2 is 1.70 bits per heavy atom. The molecular weight excluding hydrogens is 462 g/mol. The molecule has 2 N–H and O–H groups in total. The first-order chi connectivity index (χ1) is 15.8. The molecule has 1 amide bonds. The van der Waals surface area contributed by atoms with Crippen molar-refractivity contribution in [3.05, 3.63) is 76.9 Å². The van der Waals surface area contributed by atoms with Gasteiger partial charge in [-0.3, -0.25) is 4.79 Å². The third-order valence-electron chi connectivity index (χ3n) is 5.47. The second-order valence-electron chi connectivity index (χ2n) is 7.47. The molecule has 2 aromatic carbocycles. The Bertz CT molecular complexity index is 1350. The number of halogens is 1. The molecule has 0 aliphatic carbocycles. The van der Waals surface area contributed by atoms with E-state index in [1.165, 1.54) is 22.5 Å². The normalized spacial score (nSPS) is 14.6. The van der Waals surface area contributed by atoms with Crippen LogP contribution in [0.4, 0.5) is 5.82 Å². The number of nitrogens with zero attached hydrogens (tertiary/aromatic N) is 4. The third-order valence-corrected chi connectivity index (χ3v) is 7.57. The number of sulfonamides is 1. The fraction of sp³-hybridized carbons (Fsp3) is 0.174. The summed E-state index contributed by atoms with van der Waals surface area (Å²) in [6, 6.07) is 18.5. The molecule has 4 rings (SSSR count). The average molecular weight is 482 g/mol. The van der Waals surface area contributed by atoms with E-state index in [1.807, 2.05) is 11.0 Å². The van der Waals surface area contributed by atoms with Crippen LogP contribution in [0.1, 0.15) is 15.9 Å². The summed E-state index contributed by atoms with van der Waals surface area (Å²) in [6.45, 7) is 1.37. The van der Waals surface area contributed by atoms with Gasteiger partial charge in [-0.05, 0) is 41.5 Å². The molecule has 0 radical (unpaired) electrons. The third kappa shape index (κ3) is 4.68. The fourth-order valence-corrected chi connectivity index (χ4v) is 5.40. The molecule has 0 saturated carbocycles. The summed E-state index contributed by atoms with van der Waals surface area (Å²) in [4.78, 5) is 18.0. The van der Waals surface area contributed by atoms with Gasteiger partial charge in [0, 0.05) is 31.7 Å². The van der Waals surface area contributed by atoms with Crippen LogP contribution in [0.15, 0.2) is 65.6 Å². The zero-order valence-electron chi connectivity index (χ0n) is 17.5. The lowest BCUT2D eigenvalue weighted by Crippen LogP contribution is -2.48. The Hall–Kier alpha value is -3.45. The lowest BCUT2D eigenvalue weighted by Gasteiger charge is -2.34. The number of anilines is 1. The molecular formula is C23H20ClN5O3S. The highest BCUT2D eigenvalue weighted by molar-refractivity contribution is 7.89. The van der Waals surface area contributed by atoms with E-state index in [2.05, 4.69) is 4.98 Å². The molecule has 1 aliphatic heterocycles. The van der Waals surface area contributed by atoms with E-state index in [1.54, 1.807) is 42.5 Å². The van der Waals surface area contributed by atoms with Crippen LogP contribution in [0.5, 0.6) is 0 Å². The van der Waals surface area contributed by atoms with Crippen LogP contribution < -0.4 is 10.6 Å². The molecule has 0 atom stereocenters. The van der Waals surface area contributed by atoms with Crippen LogP contribution in [0.25, 0.3) is 11.1 Å². The molecule has 2 heterocycles. The average Bonchev–Trinajstić information content (AvgIpc) is 2.83. The van der Waals surface area contributed by atoms with Crippen molar-refractivity contribution >= 4 is 33.3 Å². The Labute approximate surface area is 196 Å². The maximum Gasteiger partial charge on any atom is 0.249 e. The van der Waals surface area contributed by atoms with Gasteiger partial charge in [0.05, 0.1) is 16.5 Å². The Kier molecular flexibility index (Phi) is 6.33. The van der Waals surface area contributed by atoms with Crippen molar-refractivity contribution < 1.29 is 13.2 Å². The van der Waals surface area contributed by atoms with E-state index in [-0.39, 0.29) is 23.1 Å². The summed E-state index contributed by atoms with van der Waals surface area (Å²) in [7, 11) is -3.70. The van der Waals surface area contributed by atoms with Gasteiger partial charge in [-0.1, -0.05) is 41.9 Å². The first kappa shape index (κ1) is 22.7. The topological polar surface area (TPSA) is 120 Å². The predicted octanol–water partition coefficient (Wildman–Crippen LogP) is 2.88. The van der Waals surface area contributed by atoms with Crippen molar-refractivity contribution in [1.82, 2.24) is 9.29 Å². The van der Waals surface area contributed by atoms with Crippen LogP contribution in [-0.2, 0) is 10.0 Å². The largest absolute Gasteiger partial charge is 0.366 e. The molecule has 168 valence electrons. The monoisotopic (exact) mass is 481 g/mol. The van der Waals surface area contributed by atoms with Crippen LogP contribution >= 0.6 is 11.6 Å². The van der Waals surface area contributed by atoms with Crippen LogP contribution in [0.2, 0.25) is 5.15 Å². The second kappa shape index (κ2) is 9.19. The fourth-order valence-electron chi connectivity index (χ4n) is 3.77. The number of nitrogens with two attached hydrogens (primary N) is 1.